The van der Waals surface area contributed by atoms with E-state index in [1.165, 1.54) is 11.8 Å². The maximum Gasteiger partial charge on any atom is 0.233 e. The Morgan fingerprint density at radius 3 is 2.57 bits per heavy atom. The summed E-state index contributed by atoms with van der Waals surface area (Å²) in [4.78, 5) is 14.5. The lowest BCUT2D eigenvalue weighted by Crippen LogP contribution is -2.48. The first-order chi connectivity index (χ1) is 13.5. The fourth-order valence-corrected chi connectivity index (χ4v) is 4.09. The number of carbonyl (C=O) groups is 1. The summed E-state index contributed by atoms with van der Waals surface area (Å²) in [6, 6.07) is 7.66. The van der Waals surface area contributed by atoms with E-state index in [-0.39, 0.29) is 18.1 Å². The highest BCUT2D eigenvalue weighted by Gasteiger charge is 2.26. The lowest BCUT2D eigenvalue weighted by Gasteiger charge is -2.35. The number of thioether (sulfide) groups is 1. The fourth-order valence-electron chi connectivity index (χ4n) is 3.24. The van der Waals surface area contributed by atoms with Crippen molar-refractivity contribution in [3.63, 3.8) is 0 Å². The number of benzene rings is 1. The summed E-state index contributed by atoms with van der Waals surface area (Å²) in [6.07, 6.45) is 1.92. The van der Waals surface area contributed by atoms with E-state index in [1.807, 2.05) is 47.6 Å². The molecule has 2 heterocycles. The molecule has 28 heavy (non-hydrogen) atoms. The highest BCUT2D eigenvalue weighted by molar-refractivity contribution is 7.99. The van der Waals surface area contributed by atoms with Crippen LogP contribution in [0.15, 0.2) is 42.1 Å². The first kappa shape index (κ1) is 20.4. The van der Waals surface area contributed by atoms with E-state index >= 15 is 0 Å². The van der Waals surface area contributed by atoms with Gasteiger partial charge in [-0.05, 0) is 38.1 Å². The largest absolute Gasteiger partial charge is 0.497 e. The van der Waals surface area contributed by atoms with E-state index in [0.29, 0.717) is 30.5 Å². The Balaban J connectivity index is 1.72. The molecule has 7 nitrogen and oxygen atoms in total. The molecule has 1 fully saturated rings. The van der Waals surface area contributed by atoms with Gasteiger partial charge in [-0.1, -0.05) is 17.8 Å². The van der Waals surface area contributed by atoms with Gasteiger partial charge in [-0.2, -0.15) is 0 Å². The number of methoxy groups -OCH3 is 1. The molecule has 150 valence electrons. The molecule has 0 N–H and O–H groups in total. The van der Waals surface area contributed by atoms with E-state index < -0.39 is 0 Å². The summed E-state index contributed by atoms with van der Waals surface area (Å²) in [6.45, 7) is 9.63. The van der Waals surface area contributed by atoms with Gasteiger partial charge in [0.05, 0.1) is 25.1 Å². The van der Waals surface area contributed by atoms with Crippen molar-refractivity contribution in [1.82, 2.24) is 19.7 Å². The third kappa shape index (κ3) is 4.74. The molecule has 1 saturated heterocycles. The van der Waals surface area contributed by atoms with Gasteiger partial charge >= 0.3 is 0 Å². The van der Waals surface area contributed by atoms with Gasteiger partial charge in [0, 0.05) is 25.2 Å². The molecule has 1 amide bonds. The van der Waals surface area contributed by atoms with Gasteiger partial charge in [-0.25, -0.2) is 0 Å². The second-order valence-corrected chi connectivity index (χ2v) is 7.72. The van der Waals surface area contributed by atoms with Crippen LogP contribution in [0.5, 0.6) is 5.75 Å². The standard InChI is InChI=1S/C20H26N4O3S/c1-5-10-24-19(16-6-8-17(26-4)9-7-16)21-22-20(24)28-13-18(25)23-11-14(2)27-15(3)12-23/h5-9,14-15H,1,10-13H2,2-4H3/t14-,15-/m0/s1. The van der Waals surface area contributed by atoms with E-state index in [4.69, 9.17) is 9.47 Å². The molecule has 0 saturated carbocycles. The summed E-state index contributed by atoms with van der Waals surface area (Å²) in [5, 5.41) is 9.34. The Morgan fingerprint density at radius 1 is 1.29 bits per heavy atom. The zero-order valence-corrected chi connectivity index (χ0v) is 17.3. The van der Waals surface area contributed by atoms with Gasteiger partial charge in [-0.3, -0.25) is 9.36 Å². The average Bonchev–Trinajstić information content (AvgIpc) is 3.08. The zero-order chi connectivity index (χ0) is 20.1. The molecule has 3 rings (SSSR count). The normalized spacial score (nSPS) is 19.5. The number of amides is 1. The second kappa shape index (κ2) is 9.25. The first-order valence-electron chi connectivity index (χ1n) is 9.26. The number of rotatable bonds is 7. The third-order valence-electron chi connectivity index (χ3n) is 4.47. The molecule has 1 aliphatic heterocycles. The van der Waals surface area contributed by atoms with Crippen LogP contribution >= 0.6 is 11.8 Å². The van der Waals surface area contributed by atoms with Crippen LogP contribution in [0.3, 0.4) is 0 Å². The smallest absolute Gasteiger partial charge is 0.233 e. The highest BCUT2D eigenvalue weighted by Crippen LogP contribution is 2.26. The van der Waals surface area contributed by atoms with Gasteiger partial charge in [0.1, 0.15) is 5.75 Å². The van der Waals surface area contributed by atoms with Gasteiger partial charge < -0.3 is 14.4 Å². The maximum absolute atomic E-state index is 12.6. The molecule has 0 radical (unpaired) electrons. The molecule has 2 aromatic rings. The quantitative estimate of drug-likeness (QED) is 0.524. The summed E-state index contributed by atoms with van der Waals surface area (Å²) < 4.78 is 12.9. The van der Waals surface area contributed by atoms with Crippen LogP contribution in [-0.4, -0.2) is 63.7 Å². The van der Waals surface area contributed by atoms with Crippen LogP contribution in [0.25, 0.3) is 11.4 Å². The summed E-state index contributed by atoms with van der Waals surface area (Å²) in [5.74, 6) is 1.93. The number of allylic oxidation sites excluding steroid dienone is 1. The first-order valence-corrected chi connectivity index (χ1v) is 10.2. The number of carbonyl (C=O) groups excluding carboxylic acids is 1. The SMILES string of the molecule is C=CCn1c(SCC(=O)N2C[C@H](C)O[C@@H](C)C2)nnc1-c1ccc(OC)cc1. The zero-order valence-electron chi connectivity index (χ0n) is 16.5. The molecule has 1 aliphatic rings. The van der Waals surface area contributed by atoms with Gasteiger partial charge in [0.2, 0.25) is 5.91 Å². The molecule has 1 aromatic carbocycles. The lowest BCUT2D eigenvalue weighted by molar-refractivity contribution is -0.140. The molecule has 8 heteroatoms. The van der Waals surface area contributed by atoms with Gasteiger partial charge in [0.25, 0.3) is 0 Å². The minimum atomic E-state index is 0.0591. The Labute approximate surface area is 169 Å². The van der Waals surface area contributed by atoms with Crippen LogP contribution in [0, 0.1) is 0 Å². The Bertz CT molecular complexity index is 811. The molecule has 0 unspecified atom stereocenters. The monoisotopic (exact) mass is 402 g/mol. The van der Waals surface area contributed by atoms with Crippen molar-refractivity contribution in [3.8, 4) is 17.1 Å². The topological polar surface area (TPSA) is 69.5 Å². The maximum atomic E-state index is 12.6. The van der Waals surface area contributed by atoms with Crippen LogP contribution < -0.4 is 4.74 Å². The van der Waals surface area contributed by atoms with Crippen LogP contribution in [0.4, 0.5) is 0 Å². The van der Waals surface area contributed by atoms with Crippen LogP contribution in [-0.2, 0) is 16.1 Å². The number of aromatic nitrogens is 3. The fraction of sp³-hybridized carbons (Fsp3) is 0.450. The molecule has 2 atom stereocenters. The van der Waals surface area contributed by atoms with Crippen molar-refractivity contribution < 1.29 is 14.3 Å². The van der Waals surface area contributed by atoms with E-state index in [9.17, 15) is 4.79 Å². The lowest BCUT2D eigenvalue weighted by atomic mass is 10.2. The number of hydrogen-bond acceptors (Lipinski definition) is 6. The molecule has 0 aliphatic carbocycles. The average molecular weight is 403 g/mol. The molecule has 1 aromatic heterocycles. The molecule has 0 spiro atoms. The van der Waals surface area contributed by atoms with E-state index in [2.05, 4.69) is 16.8 Å². The van der Waals surface area contributed by atoms with Crippen molar-refractivity contribution in [2.75, 3.05) is 26.0 Å². The summed E-state index contributed by atoms with van der Waals surface area (Å²) in [7, 11) is 1.64. The number of nitrogens with zero attached hydrogens (tertiary/aromatic N) is 4. The Kier molecular flexibility index (Phi) is 6.74. The molecular weight excluding hydrogens is 376 g/mol. The van der Waals surface area contributed by atoms with Gasteiger partial charge in [-0.15, -0.1) is 16.8 Å². The van der Waals surface area contributed by atoms with E-state index in [0.717, 1.165) is 17.1 Å². The minimum Gasteiger partial charge on any atom is -0.497 e. The van der Waals surface area contributed by atoms with E-state index in [1.54, 1.807) is 13.2 Å². The third-order valence-corrected chi connectivity index (χ3v) is 5.43. The summed E-state index contributed by atoms with van der Waals surface area (Å²) >= 11 is 1.40. The predicted molar refractivity (Wildman–Crippen MR) is 110 cm³/mol. The molecule has 0 bridgehead atoms. The Hall–Kier alpha value is -2.32. The number of morpholine rings is 1. The number of hydrogen-bond donors (Lipinski definition) is 0. The highest BCUT2D eigenvalue weighted by atomic mass is 32.2. The van der Waals surface area contributed by atoms with Crippen molar-refractivity contribution in [2.24, 2.45) is 0 Å². The van der Waals surface area contributed by atoms with Crippen LogP contribution in [0.1, 0.15) is 13.8 Å². The Morgan fingerprint density at radius 2 is 1.96 bits per heavy atom. The van der Waals surface area contributed by atoms with Gasteiger partial charge in [0.15, 0.2) is 11.0 Å². The van der Waals surface area contributed by atoms with Crippen molar-refractivity contribution >= 4 is 17.7 Å². The number of ether oxygens (including phenoxy) is 2. The minimum absolute atomic E-state index is 0.0591. The van der Waals surface area contributed by atoms with Crippen LogP contribution in [0.2, 0.25) is 0 Å². The van der Waals surface area contributed by atoms with Crippen molar-refractivity contribution in [2.45, 2.75) is 37.8 Å². The second-order valence-electron chi connectivity index (χ2n) is 6.78. The summed E-state index contributed by atoms with van der Waals surface area (Å²) in [5.41, 5.74) is 0.934. The van der Waals surface area contributed by atoms with Crippen molar-refractivity contribution in [3.05, 3.63) is 36.9 Å². The molecular formula is C20H26N4O3S. The predicted octanol–water partition coefficient (Wildman–Crippen LogP) is 2.87. The van der Waals surface area contributed by atoms with Crippen molar-refractivity contribution in [1.29, 1.82) is 0 Å².